The summed E-state index contributed by atoms with van der Waals surface area (Å²) >= 11 is 3.02. The van der Waals surface area contributed by atoms with Gasteiger partial charge in [0.05, 0.1) is 18.4 Å². The Morgan fingerprint density at radius 2 is 2.00 bits per heavy atom. The summed E-state index contributed by atoms with van der Waals surface area (Å²) in [4.78, 5) is 32.7. The number of rotatable bonds is 5. The third-order valence-corrected chi connectivity index (χ3v) is 2.32. The molecular weight excluding hydrogens is 296 g/mol. The Bertz CT molecular complexity index is 442. The average molecular weight is 305 g/mol. The van der Waals surface area contributed by atoms with Crippen LogP contribution in [0.2, 0.25) is 0 Å². The summed E-state index contributed by atoms with van der Waals surface area (Å²) < 4.78 is 5.11. The molecule has 3 N–H and O–H groups in total. The van der Waals surface area contributed by atoms with Gasteiger partial charge in [0, 0.05) is 0 Å². The third-order valence-electron chi connectivity index (χ3n) is 1.71. The van der Waals surface area contributed by atoms with Crippen molar-refractivity contribution in [3.05, 3.63) is 22.6 Å². The second-order valence-electron chi connectivity index (χ2n) is 2.96. The van der Waals surface area contributed by atoms with E-state index in [0.717, 1.165) is 0 Å². The fourth-order valence-electron chi connectivity index (χ4n) is 0.948. The van der Waals surface area contributed by atoms with Crippen molar-refractivity contribution in [2.45, 2.75) is 0 Å². The molecule has 2 amide bonds. The summed E-state index contributed by atoms with van der Waals surface area (Å²) in [6, 6.07) is 1.44. The Morgan fingerprint density at radius 1 is 1.29 bits per heavy atom. The Hall–Kier alpha value is -1.83. The number of aliphatic carboxylic acids is 1. The van der Waals surface area contributed by atoms with Crippen molar-refractivity contribution in [2.24, 2.45) is 0 Å². The minimum absolute atomic E-state index is 0.260. The van der Waals surface area contributed by atoms with Crippen LogP contribution in [0.3, 0.4) is 0 Å². The molecule has 1 heterocycles. The maximum atomic E-state index is 11.5. The lowest BCUT2D eigenvalue weighted by atomic mass is 10.3. The first-order valence-corrected chi connectivity index (χ1v) is 5.29. The lowest BCUT2D eigenvalue weighted by Gasteiger charge is -2.04. The predicted octanol–water partition coefficient (Wildman–Crippen LogP) is -0.0273. The molecule has 0 spiro atoms. The number of carboxylic acid groups (broad SMARTS) is 1. The molecule has 7 nitrogen and oxygen atoms in total. The van der Waals surface area contributed by atoms with Gasteiger partial charge in [-0.1, -0.05) is 0 Å². The van der Waals surface area contributed by atoms with Crippen LogP contribution >= 0.6 is 15.9 Å². The second kappa shape index (κ2) is 6.04. The van der Waals surface area contributed by atoms with Gasteiger partial charge in [-0.25, -0.2) is 0 Å². The van der Waals surface area contributed by atoms with Crippen LogP contribution in [0.25, 0.3) is 0 Å². The summed E-state index contributed by atoms with van der Waals surface area (Å²) in [7, 11) is 0. The van der Waals surface area contributed by atoms with Gasteiger partial charge in [0.15, 0.2) is 4.67 Å². The molecular formula is C9H9BrN2O5. The quantitative estimate of drug-likeness (QED) is 0.708. The summed E-state index contributed by atoms with van der Waals surface area (Å²) in [6.45, 7) is -0.784. The highest BCUT2D eigenvalue weighted by atomic mass is 79.9. The van der Waals surface area contributed by atoms with Gasteiger partial charge in [-0.3, -0.25) is 14.4 Å². The van der Waals surface area contributed by atoms with E-state index >= 15 is 0 Å². The van der Waals surface area contributed by atoms with E-state index in [1.165, 1.54) is 12.3 Å². The van der Waals surface area contributed by atoms with Gasteiger partial charge in [0.2, 0.25) is 5.91 Å². The Kier molecular flexibility index (Phi) is 4.70. The van der Waals surface area contributed by atoms with Gasteiger partial charge < -0.3 is 20.2 Å². The highest BCUT2D eigenvalue weighted by molar-refractivity contribution is 9.10. The molecule has 1 rings (SSSR count). The van der Waals surface area contributed by atoms with Crippen molar-refractivity contribution in [1.29, 1.82) is 0 Å². The van der Waals surface area contributed by atoms with E-state index in [1.54, 1.807) is 0 Å². The predicted molar refractivity (Wildman–Crippen MR) is 59.4 cm³/mol. The zero-order valence-corrected chi connectivity index (χ0v) is 10.1. The maximum Gasteiger partial charge on any atom is 0.322 e. The number of amides is 2. The van der Waals surface area contributed by atoms with Crippen molar-refractivity contribution in [1.82, 2.24) is 10.6 Å². The highest BCUT2D eigenvalue weighted by Crippen LogP contribution is 2.16. The molecule has 0 saturated heterocycles. The third kappa shape index (κ3) is 4.27. The number of carbonyl (C=O) groups excluding carboxylic acids is 2. The zero-order chi connectivity index (χ0) is 12.8. The molecule has 0 atom stereocenters. The monoisotopic (exact) mass is 304 g/mol. The van der Waals surface area contributed by atoms with Crippen molar-refractivity contribution in [2.75, 3.05) is 13.1 Å². The summed E-state index contributed by atoms with van der Waals surface area (Å²) in [5.74, 6) is -2.22. The van der Waals surface area contributed by atoms with Gasteiger partial charge in [-0.2, -0.15) is 0 Å². The molecule has 0 aliphatic heterocycles. The van der Waals surface area contributed by atoms with E-state index in [4.69, 9.17) is 9.52 Å². The van der Waals surface area contributed by atoms with E-state index in [-0.39, 0.29) is 16.8 Å². The van der Waals surface area contributed by atoms with Gasteiger partial charge in [-0.15, -0.1) is 0 Å². The molecule has 92 valence electrons. The maximum absolute atomic E-state index is 11.5. The van der Waals surface area contributed by atoms with Gasteiger partial charge in [0.25, 0.3) is 5.91 Å². The molecule has 0 fully saturated rings. The van der Waals surface area contributed by atoms with Crippen LogP contribution in [0.5, 0.6) is 0 Å². The Balaban J connectivity index is 2.36. The molecule has 17 heavy (non-hydrogen) atoms. The summed E-state index contributed by atoms with van der Waals surface area (Å²) in [5, 5.41) is 12.7. The van der Waals surface area contributed by atoms with Crippen LogP contribution in [-0.4, -0.2) is 36.0 Å². The van der Waals surface area contributed by atoms with Crippen LogP contribution in [0, 0.1) is 0 Å². The fraction of sp³-hybridized carbons (Fsp3) is 0.222. The first-order chi connectivity index (χ1) is 8.00. The molecule has 8 heteroatoms. The van der Waals surface area contributed by atoms with E-state index in [0.29, 0.717) is 0 Å². The van der Waals surface area contributed by atoms with E-state index < -0.39 is 24.3 Å². The first kappa shape index (κ1) is 13.2. The molecule has 0 radical (unpaired) electrons. The fourth-order valence-corrected chi connectivity index (χ4v) is 1.37. The topological polar surface area (TPSA) is 109 Å². The van der Waals surface area contributed by atoms with Crippen molar-refractivity contribution in [3.8, 4) is 0 Å². The number of carbonyl (C=O) groups is 3. The molecule has 0 unspecified atom stereocenters. The lowest BCUT2D eigenvalue weighted by molar-refractivity contribution is -0.137. The standard InChI is InChI=1S/C9H9BrN2O5/c10-8-5(1-2-17-8)9(16)12-3-6(13)11-4-7(14)15/h1-2H,3-4H2,(H,11,13)(H,12,16)(H,14,15). The van der Waals surface area contributed by atoms with Crippen LogP contribution in [0.15, 0.2) is 21.4 Å². The van der Waals surface area contributed by atoms with E-state index in [2.05, 4.69) is 26.6 Å². The molecule has 0 aromatic carbocycles. The van der Waals surface area contributed by atoms with Crippen molar-refractivity contribution in [3.63, 3.8) is 0 Å². The molecule has 1 aromatic rings. The van der Waals surface area contributed by atoms with Crippen LogP contribution in [0.4, 0.5) is 0 Å². The Labute approximate surface area is 104 Å². The number of hydrogen-bond donors (Lipinski definition) is 3. The number of carboxylic acids is 1. The molecule has 0 aliphatic carbocycles. The lowest BCUT2D eigenvalue weighted by Crippen LogP contribution is -2.38. The molecule has 0 aliphatic rings. The van der Waals surface area contributed by atoms with Crippen molar-refractivity contribution < 1.29 is 23.9 Å². The second-order valence-corrected chi connectivity index (χ2v) is 3.68. The number of nitrogens with one attached hydrogen (secondary N) is 2. The highest BCUT2D eigenvalue weighted by Gasteiger charge is 2.13. The van der Waals surface area contributed by atoms with Crippen LogP contribution in [-0.2, 0) is 9.59 Å². The van der Waals surface area contributed by atoms with Crippen molar-refractivity contribution >= 4 is 33.7 Å². The molecule has 0 saturated carbocycles. The summed E-state index contributed by atoms with van der Waals surface area (Å²) in [5.41, 5.74) is 0.260. The smallest absolute Gasteiger partial charge is 0.322 e. The number of furan rings is 1. The molecule has 1 aromatic heterocycles. The van der Waals surface area contributed by atoms with Gasteiger partial charge in [-0.05, 0) is 22.0 Å². The Morgan fingerprint density at radius 3 is 2.53 bits per heavy atom. The van der Waals surface area contributed by atoms with E-state index in [1.807, 2.05) is 0 Å². The number of hydrogen-bond acceptors (Lipinski definition) is 4. The normalized spacial score (nSPS) is 9.71. The van der Waals surface area contributed by atoms with Gasteiger partial charge >= 0.3 is 5.97 Å². The minimum atomic E-state index is -1.15. The first-order valence-electron chi connectivity index (χ1n) is 4.50. The minimum Gasteiger partial charge on any atom is -0.480 e. The summed E-state index contributed by atoms with van der Waals surface area (Å²) in [6.07, 6.45) is 1.32. The van der Waals surface area contributed by atoms with Gasteiger partial charge in [0.1, 0.15) is 6.54 Å². The molecule has 0 bridgehead atoms. The SMILES string of the molecule is O=C(O)CNC(=O)CNC(=O)c1ccoc1Br. The van der Waals surface area contributed by atoms with Crippen LogP contribution < -0.4 is 10.6 Å². The zero-order valence-electron chi connectivity index (χ0n) is 8.53. The average Bonchev–Trinajstić information content (AvgIpc) is 2.69. The largest absolute Gasteiger partial charge is 0.480 e. The van der Waals surface area contributed by atoms with E-state index in [9.17, 15) is 14.4 Å². The number of halogens is 1. The van der Waals surface area contributed by atoms with Crippen LogP contribution in [0.1, 0.15) is 10.4 Å².